The number of benzene rings is 1. The van der Waals surface area contributed by atoms with E-state index in [4.69, 9.17) is 11.6 Å². The number of aryl methyl sites for hydroxylation is 2. The molecule has 3 heterocycles. The number of rotatable bonds is 2. The Balaban J connectivity index is 1.71. The Morgan fingerprint density at radius 3 is 2.76 bits per heavy atom. The molecule has 4 rings (SSSR count). The fraction of sp³-hybridized carbons (Fsp3) is 0.421. The van der Waals surface area contributed by atoms with E-state index in [1.165, 1.54) is 5.56 Å². The summed E-state index contributed by atoms with van der Waals surface area (Å²) in [5, 5.41) is 0.314. The zero-order chi connectivity index (χ0) is 17.4. The number of anilines is 2. The van der Waals surface area contributed by atoms with Crippen LogP contribution < -0.4 is 9.80 Å². The molecule has 0 atom stereocenters. The number of aromatic nitrogens is 2. The highest BCUT2D eigenvalue weighted by molar-refractivity contribution is 6.34. The van der Waals surface area contributed by atoms with Crippen LogP contribution in [0.3, 0.4) is 0 Å². The van der Waals surface area contributed by atoms with E-state index < -0.39 is 0 Å². The minimum absolute atomic E-state index is 0.136. The van der Waals surface area contributed by atoms with Gasteiger partial charge in [-0.05, 0) is 43.7 Å². The van der Waals surface area contributed by atoms with Crippen LogP contribution in [-0.2, 0) is 6.42 Å². The van der Waals surface area contributed by atoms with Gasteiger partial charge in [-0.15, -0.1) is 0 Å². The topological polar surface area (TPSA) is 49.3 Å². The third-order valence-corrected chi connectivity index (χ3v) is 5.26. The number of para-hydroxylation sites is 1. The molecule has 0 bridgehead atoms. The summed E-state index contributed by atoms with van der Waals surface area (Å²) < 4.78 is 0. The minimum atomic E-state index is -0.136. The molecule has 5 nitrogen and oxygen atoms in total. The summed E-state index contributed by atoms with van der Waals surface area (Å²) in [6.45, 7) is 4.60. The highest BCUT2D eigenvalue weighted by Crippen LogP contribution is 2.32. The van der Waals surface area contributed by atoms with Crippen molar-refractivity contribution < 1.29 is 4.79 Å². The molecule has 0 spiro atoms. The highest BCUT2D eigenvalue weighted by Gasteiger charge is 2.28. The molecule has 2 aliphatic heterocycles. The molecule has 25 heavy (non-hydrogen) atoms. The van der Waals surface area contributed by atoms with Gasteiger partial charge in [0.1, 0.15) is 0 Å². The molecule has 0 aliphatic carbocycles. The van der Waals surface area contributed by atoms with Gasteiger partial charge in [0, 0.05) is 19.6 Å². The first-order valence-electron chi connectivity index (χ1n) is 8.83. The molecule has 0 radical (unpaired) electrons. The molecule has 1 saturated heterocycles. The van der Waals surface area contributed by atoms with Crippen molar-refractivity contribution in [2.75, 3.05) is 29.4 Å². The summed E-state index contributed by atoms with van der Waals surface area (Å²) in [7, 11) is 0. The van der Waals surface area contributed by atoms with Crippen LogP contribution in [0.25, 0.3) is 0 Å². The summed E-state index contributed by atoms with van der Waals surface area (Å²) in [6, 6.07) is 6.19. The first-order valence-corrected chi connectivity index (χ1v) is 9.21. The van der Waals surface area contributed by atoms with Crippen molar-refractivity contribution in [2.45, 2.75) is 32.6 Å². The van der Waals surface area contributed by atoms with Gasteiger partial charge in [-0.3, -0.25) is 4.79 Å². The van der Waals surface area contributed by atoms with Gasteiger partial charge in [0.15, 0.2) is 5.69 Å². The Bertz CT molecular complexity index is 817. The lowest BCUT2D eigenvalue weighted by molar-refractivity contribution is 0.0980. The van der Waals surface area contributed by atoms with E-state index in [0.717, 1.165) is 50.0 Å². The Morgan fingerprint density at radius 1 is 1.16 bits per heavy atom. The van der Waals surface area contributed by atoms with E-state index in [-0.39, 0.29) is 5.91 Å². The van der Waals surface area contributed by atoms with Crippen LogP contribution >= 0.6 is 11.6 Å². The van der Waals surface area contributed by atoms with E-state index in [9.17, 15) is 4.79 Å². The average molecular weight is 357 g/mol. The van der Waals surface area contributed by atoms with Crippen LogP contribution in [0, 0.1) is 6.92 Å². The Labute approximate surface area is 152 Å². The monoisotopic (exact) mass is 356 g/mol. The maximum atomic E-state index is 13.2. The van der Waals surface area contributed by atoms with Crippen molar-refractivity contribution in [2.24, 2.45) is 0 Å². The standard InChI is InChI=1S/C19H21ClN4O/c1-13-6-4-7-14-8-5-11-24(17(13)14)18(25)16-15(20)12-21-19(22-16)23-9-2-3-10-23/h4,6-7,12H,2-3,5,8-11H2,1H3. The number of nitrogens with zero attached hydrogens (tertiary/aromatic N) is 4. The molecule has 1 amide bonds. The number of carbonyl (C=O) groups excluding carboxylic acids is 1. The molecule has 1 aromatic carbocycles. The summed E-state index contributed by atoms with van der Waals surface area (Å²) >= 11 is 6.29. The normalized spacial score (nSPS) is 16.9. The number of hydrogen-bond acceptors (Lipinski definition) is 4. The lowest BCUT2D eigenvalue weighted by atomic mass is 9.98. The van der Waals surface area contributed by atoms with Gasteiger partial charge in [-0.2, -0.15) is 0 Å². The van der Waals surface area contributed by atoms with Crippen LogP contribution in [0.4, 0.5) is 11.6 Å². The van der Waals surface area contributed by atoms with E-state index in [0.29, 0.717) is 23.2 Å². The first kappa shape index (κ1) is 16.3. The molecule has 0 N–H and O–H groups in total. The van der Waals surface area contributed by atoms with E-state index in [1.54, 1.807) is 6.20 Å². The maximum absolute atomic E-state index is 13.2. The molecule has 1 aromatic heterocycles. The molecule has 2 aliphatic rings. The lowest BCUT2D eigenvalue weighted by Gasteiger charge is -2.31. The fourth-order valence-corrected chi connectivity index (χ4v) is 3.93. The zero-order valence-electron chi connectivity index (χ0n) is 14.3. The summed E-state index contributed by atoms with van der Waals surface area (Å²) in [4.78, 5) is 26.0. The molecule has 1 fully saturated rings. The highest BCUT2D eigenvalue weighted by atomic mass is 35.5. The Hall–Kier alpha value is -2.14. The van der Waals surface area contributed by atoms with E-state index in [2.05, 4.69) is 20.9 Å². The second kappa shape index (κ2) is 6.64. The van der Waals surface area contributed by atoms with Gasteiger partial charge in [-0.1, -0.05) is 29.8 Å². The lowest BCUT2D eigenvalue weighted by Crippen LogP contribution is -2.37. The van der Waals surface area contributed by atoms with Crippen molar-refractivity contribution >= 4 is 29.1 Å². The number of halogens is 1. The zero-order valence-corrected chi connectivity index (χ0v) is 15.1. The quantitative estimate of drug-likeness (QED) is 0.824. The van der Waals surface area contributed by atoms with Gasteiger partial charge in [0.2, 0.25) is 5.95 Å². The second-order valence-corrected chi connectivity index (χ2v) is 7.11. The van der Waals surface area contributed by atoms with Gasteiger partial charge in [0.05, 0.1) is 16.9 Å². The fourth-order valence-electron chi connectivity index (χ4n) is 3.76. The number of carbonyl (C=O) groups is 1. The van der Waals surface area contributed by atoms with E-state index in [1.807, 2.05) is 24.0 Å². The second-order valence-electron chi connectivity index (χ2n) is 6.70. The number of hydrogen-bond donors (Lipinski definition) is 0. The Kier molecular flexibility index (Phi) is 4.34. The van der Waals surface area contributed by atoms with Crippen molar-refractivity contribution in [3.8, 4) is 0 Å². The summed E-state index contributed by atoms with van der Waals surface area (Å²) in [5.74, 6) is 0.468. The molecule has 6 heteroatoms. The van der Waals surface area contributed by atoms with Crippen LogP contribution in [0.1, 0.15) is 40.9 Å². The molecular formula is C19H21ClN4O. The van der Waals surface area contributed by atoms with Crippen molar-refractivity contribution in [3.63, 3.8) is 0 Å². The predicted molar refractivity (Wildman–Crippen MR) is 99.7 cm³/mol. The largest absolute Gasteiger partial charge is 0.341 e. The van der Waals surface area contributed by atoms with Gasteiger partial charge >= 0.3 is 0 Å². The summed E-state index contributed by atoms with van der Waals surface area (Å²) in [5.41, 5.74) is 3.63. The van der Waals surface area contributed by atoms with Gasteiger partial charge < -0.3 is 9.80 Å². The van der Waals surface area contributed by atoms with Crippen LogP contribution in [0.5, 0.6) is 0 Å². The summed E-state index contributed by atoms with van der Waals surface area (Å²) in [6.07, 6.45) is 5.77. The molecule has 0 saturated carbocycles. The van der Waals surface area contributed by atoms with Crippen molar-refractivity contribution in [3.05, 3.63) is 46.2 Å². The molecule has 130 valence electrons. The predicted octanol–water partition coefficient (Wildman–Crippen LogP) is 3.63. The van der Waals surface area contributed by atoms with Crippen LogP contribution in [-0.4, -0.2) is 35.5 Å². The van der Waals surface area contributed by atoms with Gasteiger partial charge in [-0.25, -0.2) is 9.97 Å². The van der Waals surface area contributed by atoms with Crippen LogP contribution in [0.2, 0.25) is 5.02 Å². The smallest absolute Gasteiger partial charge is 0.278 e. The van der Waals surface area contributed by atoms with Crippen molar-refractivity contribution in [1.29, 1.82) is 0 Å². The van der Waals surface area contributed by atoms with Crippen molar-refractivity contribution in [1.82, 2.24) is 9.97 Å². The number of amides is 1. The van der Waals surface area contributed by atoms with Crippen LogP contribution in [0.15, 0.2) is 24.4 Å². The van der Waals surface area contributed by atoms with E-state index >= 15 is 0 Å². The third-order valence-electron chi connectivity index (χ3n) is 4.99. The SMILES string of the molecule is Cc1cccc2c1N(C(=O)c1nc(N3CCCC3)ncc1Cl)CCC2. The molecule has 2 aromatic rings. The minimum Gasteiger partial charge on any atom is -0.341 e. The first-order chi connectivity index (χ1) is 12.1. The third kappa shape index (κ3) is 2.97. The maximum Gasteiger partial charge on any atom is 0.278 e. The van der Waals surface area contributed by atoms with Gasteiger partial charge in [0.25, 0.3) is 5.91 Å². The Morgan fingerprint density at radius 2 is 1.96 bits per heavy atom. The number of fused-ring (bicyclic) bond motifs is 1. The molecular weight excluding hydrogens is 336 g/mol. The average Bonchev–Trinajstić information content (AvgIpc) is 3.16. The molecule has 0 unspecified atom stereocenters.